The Kier molecular flexibility index (Phi) is 8.19. The predicted molar refractivity (Wildman–Crippen MR) is 85.3 cm³/mol. The molecule has 0 heterocycles. The number of sulfone groups is 1. The quantitative estimate of drug-likeness (QED) is 0.473. The molecule has 0 radical (unpaired) electrons. The number of benzene rings is 1. The van der Waals surface area contributed by atoms with Crippen molar-refractivity contribution in [2.24, 2.45) is 0 Å². The van der Waals surface area contributed by atoms with Crippen molar-refractivity contribution in [2.75, 3.05) is 6.61 Å². The average Bonchev–Trinajstić information content (AvgIpc) is 2.54. The third-order valence-electron chi connectivity index (χ3n) is 2.33. The molecule has 0 saturated heterocycles. The highest BCUT2D eigenvalue weighted by atomic mass is 32.2. The number of allylic oxidation sites excluding steroid dienone is 1. The van der Waals surface area contributed by atoms with Crippen LogP contribution < -0.4 is 0 Å². The van der Waals surface area contributed by atoms with Crippen molar-refractivity contribution in [3.05, 3.63) is 60.5 Å². The molecular weight excluding hydrogens is 302 g/mol. The van der Waals surface area contributed by atoms with E-state index in [-0.39, 0.29) is 10.9 Å². The molecular formula is C16H17NO4S. The summed E-state index contributed by atoms with van der Waals surface area (Å²) in [7, 11) is -3.70. The zero-order valence-corrected chi connectivity index (χ0v) is 13.1. The van der Waals surface area contributed by atoms with Crippen LogP contribution in [0.4, 0.5) is 0 Å². The first-order chi connectivity index (χ1) is 10.3. The molecule has 0 unspecified atom stereocenters. The lowest BCUT2D eigenvalue weighted by molar-refractivity contribution is -0.137. The van der Waals surface area contributed by atoms with Crippen molar-refractivity contribution in [2.45, 2.75) is 11.8 Å². The number of hydrogen-bond acceptors (Lipinski definition) is 5. The number of hydrogen-bond donors (Lipinski definition) is 0. The highest BCUT2D eigenvalue weighted by molar-refractivity contribution is 7.95. The van der Waals surface area contributed by atoms with Gasteiger partial charge < -0.3 is 4.74 Å². The standard InChI is InChI=1S/C11H9NO2S.C5H8O2/c1-3-10-4-6-11(7-5-10)15(13,14)9(2)8-12;1-3-5(6)7-4-2/h3-7H,1-2H2;3H,1,4H2,2H3. The number of carbonyl (C=O) groups is 1. The van der Waals surface area contributed by atoms with Crippen LogP contribution in [0.2, 0.25) is 0 Å². The summed E-state index contributed by atoms with van der Waals surface area (Å²) in [5, 5.41) is 8.49. The van der Waals surface area contributed by atoms with Gasteiger partial charge >= 0.3 is 5.97 Å². The van der Waals surface area contributed by atoms with Gasteiger partial charge in [-0.2, -0.15) is 5.26 Å². The summed E-state index contributed by atoms with van der Waals surface area (Å²) in [6.07, 6.45) is 2.75. The van der Waals surface area contributed by atoms with E-state index in [1.54, 1.807) is 25.1 Å². The van der Waals surface area contributed by atoms with E-state index in [2.05, 4.69) is 24.5 Å². The molecule has 0 N–H and O–H groups in total. The van der Waals surface area contributed by atoms with E-state index in [0.717, 1.165) is 11.6 Å². The van der Waals surface area contributed by atoms with Crippen molar-refractivity contribution in [1.29, 1.82) is 5.26 Å². The number of nitriles is 1. The van der Waals surface area contributed by atoms with Crippen LogP contribution in [-0.2, 0) is 19.4 Å². The molecule has 0 saturated carbocycles. The minimum Gasteiger partial charge on any atom is -0.463 e. The Balaban J connectivity index is 0.000000534. The fraction of sp³-hybridized carbons (Fsp3) is 0.125. The maximum atomic E-state index is 11.6. The second kappa shape index (κ2) is 9.32. The second-order valence-electron chi connectivity index (χ2n) is 3.77. The third kappa shape index (κ3) is 5.77. The van der Waals surface area contributed by atoms with Gasteiger partial charge in [0.1, 0.15) is 11.0 Å². The Labute approximate surface area is 130 Å². The molecule has 0 aliphatic rings. The molecule has 0 aliphatic heterocycles. The molecule has 116 valence electrons. The van der Waals surface area contributed by atoms with Crippen molar-refractivity contribution < 1.29 is 17.9 Å². The monoisotopic (exact) mass is 319 g/mol. The maximum Gasteiger partial charge on any atom is 0.330 e. The second-order valence-corrected chi connectivity index (χ2v) is 5.74. The zero-order chi connectivity index (χ0) is 17.2. The molecule has 6 heteroatoms. The van der Waals surface area contributed by atoms with Crippen LogP contribution in [0.1, 0.15) is 12.5 Å². The minimum atomic E-state index is -3.70. The third-order valence-corrected chi connectivity index (χ3v) is 3.96. The van der Waals surface area contributed by atoms with Crippen LogP contribution in [0.3, 0.4) is 0 Å². The maximum absolute atomic E-state index is 11.6. The summed E-state index contributed by atoms with van der Waals surface area (Å²) in [6, 6.07) is 7.61. The van der Waals surface area contributed by atoms with E-state index in [1.165, 1.54) is 18.2 Å². The summed E-state index contributed by atoms with van der Waals surface area (Å²) in [6.45, 7) is 12.1. The molecule has 0 aromatic heterocycles. The van der Waals surface area contributed by atoms with E-state index >= 15 is 0 Å². The molecule has 0 fully saturated rings. The van der Waals surface area contributed by atoms with Gasteiger partial charge in [0.2, 0.25) is 9.84 Å². The summed E-state index contributed by atoms with van der Waals surface area (Å²) < 4.78 is 27.7. The first kappa shape index (κ1) is 19.4. The Hall–Kier alpha value is -2.65. The summed E-state index contributed by atoms with van der Waals surface area (Å²) in [5.41, 5.74) is 0.816. The molecule has 0 spiro atoms. The van der Waals surface area contributed by atoms with Crippen LogP contribution in [-0.4, -0.2) is 21.0 Å². The molecule has 1 aromatic rings. The van der Waals surface area contributed by atoms with Crippen LogP contribution in [0, 0.1) is 11.3 Å². The van der Waals surface area contributed by atoms with Crippen LogP contribution in [0.25, 0.3) is 6.08 Å². The van der Waals surface area contributed by atoms with E-state index in [0.29, 0.717) is 6.61 Å². The van der Waals surface area contributed by atoms with Crippen LogP contribution in [0.5, 0.6) is 0 Å². The highest BCUT2D eigenvalue weighted by Gasteiger charge is 2.17. The van der Waals surface area contributed by atoms with Gasteiger partial charge in [0.15, 0.2) is 0 Å². The van der Waals surface area contributed by atoms with Crippen molar-refractivity contribution in [3.8, 4) is 6.07 Å². The van der Waals surface area contributed by atoms with Crippen LogP contribution in [0.15, 0.2) is 59.9 Å². The Bertz CT molecular complexity index is 695. The molecule has 0 amide bonds. The van der Waals surface area contributed by atoms with Crippen molar-refractivity contribution >= 4 is 21.9 Å². The SMILES string of the molecule is C=CC(=O)OCC.C=Cc1ccc(S(=O)(=O)C(=C)C#N)cc1. The van der Waals surface area contributed by atoms with Crippen molar-refractivity contribution in [3.63, 3.8) is 0 Å². The lowest BCUT2D eigenvalue weighted by atomic mass is 10.2. The average molecular weight is 319 g/mol. The molecule has 1 aromatic carbocycles. The zero-order valence-electron chi connectivity index (χ0n) is 12.3. The van der Waals surface area contributed by atoms with Crippen LogP contribution >= 0.6 is 0 Å². The number of nitrogens with zero attached hydrogens (tertiary/aromatic N) is 1. The Morgan fingerprint density at radius 3 is 2.18 bits per heavy atom. The normalized spacial score (nSPS) is 9.45. The number of esters is 1. The van der Waals surface area contributed by atoms with Crippen molar-refractivity contribution in [1.82, 2.24) is 0 Å². The van der Waals surface area contributed by atoms with Gasteiger partial charge in [0.05, 0.1) is 11.5 Å². The van der Waals surface area contributed by atoms with Gasteiger partial charge in [0.25, 0.3) is 0 Å². The topological polar surface area (TPSA) is 84.2 Å². The first-order valence-corrected chi connectivity index (χ1v) is 7.67. The minimum absolute atomic E-state index is 0.0691. The summed E-state index contributed by atoms with van der Waals surface area (Å²) in [4.78, 5) is 9.69. The number of ether oxygens (including phenoxy) is 1. The molecule has 0 bridgehead atoms. The first-order valence-electron chi connectivity index (χ1n) is 6.19. The van der Waals surface area contributed by atoms with E-state index in [1.807, 2.05) is 0 Å². The van der Waals surface area contributed by atoms with Gasteiger partial charge in [-0.25, -0.2) is 13.2 Å². The fourth-order valence-corrected chi connectivity index (χ4v) is 2.09. The van der Waals surface area contributed by atoms with E-state index < -0.39 is 14.7 Å². The lowest BCUT2D eigenvalue weighted by Gasteiger charge is -2.01. The van der Waals surface area contributed by atoms with Gasteiger partial charge in [-0.15, -0.1) is 0 Å². The molecule has 0 atom stereocenters. The Morgan fingerprint density at radius 1 is 1.32 bits per heavy atom. The predicted octanol–water partition coefficient (Wildman–Crippen LogP) is 2.88. The van der Waals surface area contributed by atoms with Gasteiger partial charge in [-0.05, 0) is 24.6 Å². The fourth-order valence-electron chi connectivity index (χ4n) is 1.19. The summed E-state index contributed by atoms with van der Waals surface area (Å²) in [5.74, 6) is -0.359. The number of rotatable bonds is 5. The van der Waals surface area contributed by atoms with Gasteiger partial charge in [-0.3, -0.25) is 0 Å². The largest absolute Gasteiger partial charge is 0.463 e. The van der Waals surface area contributed by atoms with Gasteiger partial charge in [0, 0.05) is 6.08 Å². The van der Waals surface area contributed by atoms with Gasteiger partial charge in [-0.1, -0.05) is 37.9 Å². The summed E-state index contributed by atoms with van der Waals surface area (Å²) >= 11 is 0. The molecule has 0 aliphatic carbocycles. The van der Waals surface area contributed by atoms with E-state index in [4.69, 9.17) is 5.26 Å². The lowest BCUT2D eigenvalue weighted by Crippen LogP contribution is -2.01. The molecule has 1 rings (SSSR count). The number of carbonyl (C=O) groups excluding carboxylic acids is 1. The highest BCUT2D eigenvalue weighted by Crippen LogP contribution is 2.18. The molecule has 22 heavy (non-hydrogen) atoms. The van der Waals surface area contributed by atoms with E-state index in [9.17, 15) is 13.2 Å². The smallest absolute Gasteiger partial charge is 0.330 e. The molecule has 5 nitrogen and oxygen atoms in total. The Morgan fingerprint density at radius 2 is 1.86 bits per heavy atom.